The van der Waals surface area contributed by atoms with Crippen LogP contribution in [0.3, 0.4) is 0 Å². The Labute approximate surface area is 120 Å². The maximum atomic E-state index is 2.35. The standard InChI is InChI=1S/C18H16BN/c1-13-3-5-16-15(11-13)4-6-18-17(16)7-9-19-12-14(2)8-10-20(18)19/h3-12H,1-2H3. The first-order chi connectivity index (χ1) is 9.72. The highest BCUT2D eigenvalue weighted by molar-refractivity contribution is 6.75. The molecule has 0 fully saturated rings. The second-order valence-electron chi connectivity index (χ2n) is 5.71. The zero-order chi connectivity index (χ0) is 13.7. The maximum absolute atomic E-state index is 2.35. The fourth-order valence-corrected chi connectivity index (χ4v) is 3.15. The third kappa shape index (κ3) is 1.65. The molecule has 4 rings (SSSR count). The average molecular weight is 257 g/mol. The minimum atomic E-state index is 0.357. The topological polar surface area (TPSA) is 3.24 Å². The fraction of sp³-hybridized carbons (Fsp3) is 0.111. The fourth-order valence-electron chi connectivity index (χ4n) is 3.15. The van der Waals surface area contributed by atoms with E-state index in [0.29, 0.717) is 6.85 Å². The van der Waals surface area contributed by atoms with E-state index >= 15 is 0 Å². The minimum Gasteiger partial charge on any atom is -0.383 e. The van der Waals surface area contributed by atoms with Gasteiger partial charge in [-0.3, -0.25) is 0 Å². The Hall–Kier alpha value is -2.22. The third-order valence-electron chi connectivity index (χ3n) is 4.19. The molecule has 2 heterocycles. The summed E-state index contributed by atoms with van der Waals surface area (Å²) in [6.45, 7) is 4.65. The van der Waals surface area contributed by atoms with E-state index in [9.17, 15) is 0 Å². The van der Waals surface area contributed by atoms with Crippen molar-refractivity contribution in [2.75, 3.05) is 4.81 Å². The SMILES string of the molecule is CC1=CB2C=Cc3c(ccc4cc(C)ccc34)N2C=C1. The van der Waals surface area contributed by atoms with Crippen molar-refractivity contribution in [3.05, 3.63) is 71.3 Å². The molecule has 20 heavy (non-hydrogen) atoms. The molecule has 0 atom stereocenters. The number of hydrogen-bond acceptors (Lipinski definition) is 1. The van der Waals surface area contributed by atoms with E-state index in [2.05, 4.69) is 79.3 Å². The van der Waals surface area contributed by atoms with Crippen molar-refractivity contribution in [1.29, 1.82) is 0 Å². The molecule has 2 heteroatoms. The first-order valence-corrected chi connectivity index (χ1v) is 7.09. The van der Waals surface area contributed by atoms with Crippen LogP contribution in [0, 0.1) is 6.92 Å². The lowest BCUT2D eigenvalue weighted by molar-refractivity contribution is 1.33. The quantitative estimate of drug-likeness (QED) is 0.627. The molecular formula is C18H16BN. The molecule has 2 aliphatic rings. The predicted molar refractivity (Wildman–Crippen MR) is 88.8 cm³/mol. The summed E-state index contributed by atoms with van der Waals surface area (Å²) in [6.07, 6.45) is 6.65. The molecule has 2 aromatic carbocycles. The van der Waals surface area contributed by atoms with Crippen LogP contribution >= 0.6 is 0 Å². The van der Waals surface area contributed by atoms with Crippen molar-refractivity contribution >= 4 is 29.4 Å². The lowest BCUT2D eigenvalue weighted by Gasteiger charge is -2.32. The van der Waals surface area contributed by atoms with E-state index in [4.69, 9.17) is 0 Å². The first-order valence-electron chi connectivity index (χ1n) is 7.09. The van der Waals surface area contributed by atoms with Gasteiger partial charge in [-0.15, -0.1) is 0 Å². The Morgan fingerprint density at radius 1 is 1.00 bits per heavy atom. The van der Waals surface area contributed by atoms with E-state index in [-0.39, 0.29) is 0 Å². The molecule has 0 bridgehead atoms. The molecule has 96 valence electrons. The number of aryl methyl sites for hydroxylation is 1. The summed E-state index contributed by atoms with van der Waals surface area (Å²) in [5, 5.41) is 2.65. The number of nitrogens with zero attached hydrogens (tertiary/aromatic N) is 1. The highest BCUT2D eigenvalue weighted by Crippen LogP contribution is 2.35. The van der Waals surface area contributed by atoms with Gasteiger partial charge >= 0.3 is 6.85 Å². The molecule has 0 N–H and O–H groups in total. The Bertz CT molecular complexity index is 798. The van der Waals surface area contributed by atoms with Gasteiger partial charge in [-0.25, -0.2) is 0 Å². The van der Waals surface area contributed by atoms with Crippen LogP contribution in [-0.2, 0) is 0 Å². The maximum Gasteiger partial charge on any atom is 0.312 e. The van der Waals surface area contributed by atoms with Gasteiger partial charge in [-0.2, -0.15) is 0 Å². The number of hydrogen-bond donors (Lipinski definition) is 0. The van der Waals surface area contributed by atoms with Crippen LogP contribution < -0.4 is 4.81 Å². The molecule has 0 radical (unpaired) electrons. The molecular weight excluding hydrogens is 241 g/mol. The summed E-state index contributed by atoms with van der Waals surface area (Å²) >= 11 is 0. The average Bonchev–Trinajstić information content (AvgIpc) is 2.45. The number of benzene rings is 2. The van der Waals surface area contributed by atoms with Crippen LogP contribution in [0.15, 0.2) is 60.1 Å². The van der Waals surface area contributed by atoms with Crippen molar-refractivity contribution in [1.82, 2.24) is 0 Å². The largest absolute Gasteiger partial charge is 0.383 e. The van der Waals surface area contributed by atoms with Crippen molar-refractivity contribution in [2.24, 2.45) is 0 Å². The van der Waals surface area contributed by atoms with Crippen LogP contribution in [0.2, 0.25) is 0 Å². The second kappa shape index (κ2) is 4.14. The van der Waals surface area contributed by atoms with E-state index in [0.717, 1.165) is 0 Å². The van der Waals surface area contributed by atoms with Crippen LogP contribution in [0.1, 0.15) is 18.1 Å². The van der Waals surface area contributed by atoms with E-state index < -0.39 is 0 Å². The van der Waals surface area contributed by atoms with E-state index in [1.807, 2.05) is 0 Å². The second-order valence-corrected chi connectivity index (χ2v) is 5.71. The van der Waals surface area contributed by atoms with Gasteiger partial charge in [0.15, 0.2) is 0 Å². The van der Waals surface area contributed by atoms with Crippen molar-refractivity contribution in [3.8, 4) is 0 Å². The molecule has 2 aliphatic heterocycles. The summed E-state index contributed by atoms with van der Waals surface area (Å²) in [5.41, 5.74) is 5.27. The zero-order valence-corrected chi connectivity index (χ0v) is 11.8. The summed E-state index contributed by atoms with van der Waals surface area (Å²) in [5.74, 6) is 4.59. The Kier molecular flexibility index (Phi) is 2.40. The molecule has 0 aliphatic carbocycles. The van der Waals surface area contributed by atoms with Crippen molar-refractivity contribution < 1.29 is 0 Å². The van der Waals surface area contributed by atoms with Gasteiger partial charge in [0, 0.05) is 11.3 Å². The van der Waals surface area contributed by atoms with E-state index in [1.54, 1.807) is 0 Å². The number of rotatable bonds is 0. The van der Waals surface area contributed by atoms with Crippen LogP contribution in [0.5, 0.6) is 0 Å². The van der Waals surface area contributed by atoms with Crippen LogP contribution in [-0.4, -0.2) is 6.85 Å². The zero-order valence-electron chi connectivity index (χ0n) is 11.8. The monoisotopic (exact) mass is 257 g/mol. The van der Waals surface area contributed by atoms with Crippen molar-refractivity contribution in [2.45, 2.75) is 13.8 Å². The van der Waals surface area contributed by atoms with E-state index in [1.165, 1.54) is 33.2 Å². The smallest absolute Gasteiger partial charge is 0.312 e. The van der Waals surface area contributed by atoms with Gasteiger partial charge in [0.2, 0.25) is 0 Å². The first kappa shape index (κ1) is 11.6. The lowest BCUT2D eigenvalue weighted by Crippen LogP contribution is -2.36. The summed E-state index contributed by atoms with van der Waals surface area (Å²) in [6, 6.07) is 11.2. The molecule has 1 nitrogen and oxygen atoms in total. The molecule has 0 saturated heterocycles. The highest BCUT2D eigenvalue weighted by atomic mass is 15.1. The van der Waals surface area contributed by atoms with Gasteiger partial charge in [0.05, 0.1) is 0 Å². The lowest BCUT2D eigenvalue weighted by atomic mass is 9.56. The molecule has 0 saturated carbocycles. The number of fused-ring (bicyclic) bond motifs is 5. The van der Waals surface area contributed by atoms with Crippen LogP contribution in [0.25, 0.3) is 16.8 Å². The summed E-state index contributed by atoms with van der Waals surface area (Å²) < 4.78 is 0. The predicted octanol–water partition coefficient (Wildman–Crippen LogP) is 4.52. The number of anilines is 1. The Morgan fingerprint density at radius 3 is 2.80 bits per heavy atom. The molecule has 0 amide bonds. The third-order valence-corrected chi connectivity index (χ3v) is 4.19. The molecule has 2 aromatic rings. The van der Waals surface area contributed by atoms with Gasteiger partial charge < -0.3 is 4.81 Å². The molecule has 0 spiro atoms. The van der Waals surface area contributed by atoms with Gasteiger partial charge in [-0.1, -0.05) is 53.4 Å². The molecule has 0 unspecified atom stereocenters. The summed E-state index contributed by atoms with van der Waals surface area (Å²) in [7, 11) is 0. The Balaban J connectivity index is 1.95. The minimum absolute atomic E-state index is 0.357. The number of allylic oxidation sites excluding steroid dienone is 2. The highest BCUT2D eigenvalue weighted by Gasteiger charge is 2.25. The Morgan fingerprint density at radius 2 is 1.90 bits per heavy atom. The van der Waals surface area contributed by atoms with Gasteiger partial charge in [0.1, 0.15) is 0 Å². The van der Waals surface area contributed by atoms with Crippen LogP contribution in [0.4, 0.5) is 5.69 Å². The summed E-state index contributed by atoms with van der Waals surface area (Å²) in [4.78, 5) is 2.35. The molecule has 0 aromatic heterocycles. The van der Waals surface area contributed by atoms with Gasteiger partial charge in [0.25, 0.3) is 0 Å². The van der Waals surface area contributed by atoms with Crippen molar-refractivity contribution in [3.63, 3.8) is 0 Å². The van der Waals surface area contributed by atoms with Gasteiger partial charge in [-0.05, 0) is 43.0 Å². The normalized spacial score (nSPS) is 16.2.